The largest absolute Gasteiger partial charge is 0.414 e. The van der Waals surface area contributed by atoms with Crippen molar-refractivity contribution in [2.75, 3.05) is 6.61 Å². The first kappa shape index (κ1) is 17.7. The molecule has 0 aromatic rings. The first-order chi connectivity index (χ1) is 10.6. The Morgan fingerprint density at radius 2 is 1.91 bits per heavy atom. The predicted molar refractivity (Wildman–Crippen MR) is 99.0 cm³/mol. The van der Waals surface area contributed by atoms with E-state index in [1.54, 1.807) is 5.57 Å². The fraction of sp³-hybridized carbons (Fsp3) is 0.900. The SMILES string of the molecule is CC(C)(C)[Si](C)(C)O[C@H]1CCC[C@]2(C)C(C3(CO)CC3)=CCC12. The summed E-state index contributed by atoms with van der Waals surface area (Å²) in [5, 5.41) is 10.2. The maximum Gasteiger partial charge on any atom is 0.192 e. The lowest BCUT2D eigenvalue weighted by Crippen LogP contribution is -2.50. The molecule has 3 heteroatoms. The molecule has 0 bridgehead atoms. The van der Waals surface area contributed by atoms with Gasteiger partial charge >= 0.3 is 0 Å². The molecule has 2 saturated carbocycles. The van der Waals surface area contributed by atoms with Crippen LogP contribution in [0.15, 0.2) is 11.6 Å². The maximum atomic E-state index is 9.92. The summed E-state index contributed by atoms with van der Waals surface area (Å²) in [7, 11) is -1.72. The third-order valence-corrected chi connectivity index (χ3v) is 12.1. The number of allylic oxidation sites excluding steroid dienone is 1. The van der Waals surface area contributed by atoms with Crippen molar-refractivity contribution in [3.8, 4) is 0 Å². The number of aliphatic hydroxyl groups excluding tert-OH is 1. The van der Waals surface area contributed by atoms with Gasteiger partial charge in [0.15, 0.2) is 8.32 Å². The van der Waals surface area contributed by atoms with Gasteiger partial charge in [-0.2, -0.15) is 0 Å². The molecule has 3 aliphatic carbocycles. The highest BCUT2D eigenvalue weighted by atomic mass is 28.4. The average molecular weight is 337 g/mol. The van der Waals surface area contributed by atoms with Crippen LogP contribution in [0.3, 0.4) is 0 Å². The van der Waals surface area contributed by atoms with Gasteiger partial charge < -0.3 is 9.53 Å². The Bertz CT molecular complexity index is 498. The molecule has 3 rings (SSSR count). The molecular weight excluding hydrogens is 300 g/mol. The summed E-state index contributed by atoms with van der Waals surface area (Å²) in [5.41, 5.74) is 1.99. The van der Waals surface area contributed by atoms with Crippen LogP contribution in [-0.2, 0) is 4.43 Å². The highest BCUT2D eigenvalue weighted by Crippen LogP contribution is 2.65. The monoisotopic (exact) mass is 336 g/mol. The first-order valence-corrected chi connectivity index (χ1v) is 12.5. The van der Waals surface area contributed by atoms with E-state index in [2.05, 4.69) is 46.9 Å². The predicted octanol–water partition coefficient (Wildman–Crippen LogP) is 5.29. The molecule has 0 heterocycles. The van der Waals surface area contributed by atoms with Crippen molar-refractivity contribution in [1.82, 2.24) is 0 Å². The van der Waals surface area contributed by atoms with E-state index in [-0.39, 0.29) is 15.9 Å². The van der Waals surface area contributed by atoms with Gasteiger partial charge in [0.05, 0.1) is 6.61 Å². The lowest BCUT2D eigenvalue weighted by Gasteiger charge is -2.49. The molecule has 0 spiro atoms. The lowest BCUT2D eigenvalue weighted by atomic mass is 9.62. The van der Waals surface area contributed by atoms with Crippen molar-refractivity contribution in [2.24, 2.45) is 16.7 Å². The van der Waals surface area contributed by atoms with E-state index in [4.69, 9.17) is 4.43 Å². The normalized spacial score (nSPS) is 36.6. The molecule has 2 nitrogen and oxygen atoms in total. The molecule has 0 radical (unpaired) electrons. The van der Waals surface area contributed by atoms with Gasteiger partial charge in [0.25, 0.3) is 0 Å². The molecule has 0 aliphatic heterocycles. The fourth-order valence-corrected chi connectivity index (χ4v) is 6.27. The minimum atomic E-state index is -1.72. The smallest absolute Gasteiger partial charge is 0.192 e. The van der Waals surface area contributed by atoms with E-state index in [1.807, 2.05) is 0 Å². The second kappa shape index (κ2) is 5.44. The average Bonchev–Trinajstić information content (AvgIpc) is 3.13. The van der Waals surface area contributed by atoms with Crippen molar-refractivity contribution >= 4 is 8.32 Å². The van der Waals surface area contributed by atoms with Crippen LogP contribution >= 0.6 is 0 Å². The zero-order valence-corrected chi connectivity index (χ0v) is 17.0. The Kier molecular flexibility index (Phi) is 4.18. The molecule has 1 unspecified atom stereocenters. The Hall–Kier alpha value is -0.123. The van der Waals surface area contributed by atoms with E-state index in [0.717, 1.165) is 6.42 Å². The zero-order chi connectivity index (χ0) is 17.1. The molecule has 0 amide bonds. The third-order valence-electron chi connectivity index (χ3n) is 7.62. The van der Waals surface area contributed by atoms with Crippen molar-refractivity contribution in [3.63, 3.8) is 0 Å². The fourth-order valence-electron chi connectivity index (χ4n) is 4.87. The molecule has 132 valence electrons. The van der Waals surface area contributed by atoms with Gasteiger partial charge in [0.1, 0.15) is 0 Å². The van der Waals surface area contributed by atoms with Gasteiger partial charge in [0.2, 0.25) is 0 Å². The van der Waals surface area contributed by atoms with Crippen LogP contribution in [0, 0.1) is 16.7 Å². The summed E-state index contributed by atoms with van der Waals surface area (Å²) < 4.78 is 6.88. The highest BCUT2D eigenvalue weighted by Gasteiger charge is 2.58. The van der Waals surface area contributed by atoms with Crippen LogP contribution in [0.5, 0.6) is 0 Å². The van der Waals surface area contributed by atoms with E-state index in [0.29, 0.717) is 18.6 Å². The minimum absolute atomic E-state index is 0.141. The Morgan fingerprint density at radius 1 is 1.26 bits per heavy atom. The van der Waals surface area contributed by atoms with Crippen LogP contribution in [0.4, 0.5) is 0 Å². The quantitative estimate of drug-likeness (QED) is 0.558. The molecule has 0 aromatic carbocycles. The second-order valence-electron chi connectivity index (χ2n) is 10.1. The van der Waals surface area contributed by atoms with Gasteiger partial charge in [-0.25, -0.2) is 0 Å². The summed E-state index contributed by atoms with van der Waals surface area (Å²) in [4.78, 5) is 0. The topological polar surface area (TPSA) is 29.5 Å². The van der Waals surface area contributed by atoms with Gasteiger partial charge in [-0.3, -0.25) is 0 Å². The zero-order valence-electron chi connectivity index (χ0n) is 16.0. The lowest BCUT2D eigenvalue weighted by molar-refractivity contribution is 0.0127. The molecule has 23 heavy (non-hydrogen) atoms. The number of rotatable bonds is 4. The molecule has 0 saturated heterocycles. The summed E-state index contributed by atoms with van der Waals surface area (Å²) >= 11 is 0. The van der Waals surface area contributed by atoms with Crippen LogP contribution in [0.2, 0.25) is 18.1 Å². The van der Waals surface area contributed by atoms with Crippen molar-refractivity contribution in [2.45, 2.75) is 90.5 Å². The number of hydrogen-bond donors (Lipinski definition) is 1. The molecule has 1 N–H and O–H groups in total. The molecule has 0 aromatic heterocycles. The highest BCUT2D eigenvalue weighted by molar-refractivity contribution is 6.74. The summed E-state index contributed by atoms with van der Waals surface area (Å²) in [5.74, 6) is 0.629. The molecule has 3 aliphatic rings. The van der Waals surface area contributed by atoms with E-state index < -0.39 is 8.32 Å². The molecule has 2 fully saturated rings. The van der Waals surface area contributed by atoms with Crippen LogP contribution in [-0.4, -0.2) is 26.1 Å². The summed E-state index contributed by atoms with van der Waals surface area (Å²) in [6.07, 6.45) is 10.2. The van der Waals surface area contributed by atoms with Gasteiger partial charge in [-0.1, -0.05) is 45.8 Å². The van der Waals surface area contributed by atoms with Crippen molar-refractivity contribution in [3.05, 3.63) is 11.6 Å². The molecule has 3 atom stereocenters. The van der Waals surface area contributed by atoms with Gasteiger partial charge in [-0.05, 0) is 61.6 Å². The summed E-state index contributed by atoms with van der Waals surface area (Å²) in [6.45, 7) is 14.6. The number of aliphatic hydroxyl groups is 1. The maximum absolute atomic E-state index is 9.92. The number of hydrogen-bond acceptors (Lipinski definition) is 2. The second-order valence-corrected chi connectivity index (χ2v) is 14.9. The Morgan fingerprint density at radius 3 is 2.43 bits per heavy atom. The molecular formula is C20H36O2Si. The van der Waals surface area contributed by atoms with E-state index >= 15 is 0 Å². The first-order valence-electron chi connectivity index (χ1n) is 9.56. The van der Waals surface area contributed by atoms with Crippen LogP contribution in [0.25, 0.3) is 0 Å². The van der Waals surface area contributed by atoms with Crippen molar-refractivity contribution < 1.29 is 9.53 Å². The van der Waals surface area contributed by atoms with Gasteiger partial charge in [-0.15, -0.1) is 0 Å². The van der Waals surface area contributed by atoms with Crippen molar-refractivity contribution in [1.29, 1.82) is 0 Å². The van der Waals surface area contributed by atoms with E-state index in [9.17, 15) is 5.11 Å². The number of fused-ring (bicyclic) bond motifs is 1. The minimum Gasteiger partial charge on any atom is -0.414 e. The Labute approximate surface area is 143 Å². The Balaban J connectivity index is 1.80. The van der Waals surface area contributed by atoms with Crippen LogP contribution in [0.1, 0.15) is 66.2 Å². The van der Waals surface area contributed by atoms with Crippen LogP contribution < -0.4 is 0 Å². The summed E-state index contributed by atoms with van der Waals surface area (Å²) in [6, 6.07) is 0. The third kappa shape index (κ3) is 2.77. The van der Waals surface area contributed by atoms with E-state index in [1.165, 1.54) is 32.1 Å². The van der Waals surface area contributed by atoms with Gasteiger partial charge in [0, 0.05) is 11.5 Å². The standard InChI is InChI=1S/C20H36O2Si/c1-18(2,3)23(5,6)22-16-8-7-11-19(4)15(16)9-10-17(19)20(14-21)12-13-20/h10,15-16,21H,7-9,11-14H2,1-6H3/t15?,16-,19-/m0/s1.